The maximum Gasteiger partial charge on any atom is 0.270 e. The highest BCUT2D eigenvalue weighted by molar-refractivity contribution is 6.31. The van der Waals surface area contributed by atoms with Gasteiger partial charge < -0.3 is 25.1 Å². The second-order valence-corrected chi connectivity index (χ2v) is 11.9. The topological polar surface area (TPSA) is 101 Å². The van der Waals surface area contributed by atoms with Crippen LogP contribution in [0.4, 0.5) is 0 Å². The molecule has 2 aromatic heterocycles. The van der Waals surface area contributed by atoms with Gasteiger partial charge in [-0.15, -0.1) is 0 Å². The number of hydrogen-bond acceptors (Lipinski definition) is 3. The van der Waals surface area contributed by atoms with Gasteiger partial charge in [0, 0.05) is 39.9 Å². The number of carbonyl (C=O) groups is 3. The molecule has 2 saturated heterocycles. The molecule has 6 rings (SSSR count). The van der Waals surface area contributed by atoms with Crippen molar-refractivity contribution in [1.82, 2.24) is 25.1 Å². The zero-order chi connectivity index (χ0) is 26.8. The van der Waals surface area contributed by atoms with Crippen LogP contribution in [0.1, 0.15) is 48.2 Å². The van der Waals surface area contributed by atoms with Crippen molar-refractivity contribution >= 4 is 51.1 Å². The first kappa shape index (κ1) is 24.6. The van der Waals surface area contributed by atoms with E-state index in [0.717, 1.165) is 28.2 Å². The Morgan fingerprint density at radius 2 is 1.55 bits per heavy atom. The van der Waals surface area contributed by atoms with E-state index in [4.69, 9.17) is 11.6 Å². The summed E-state index contributed by atoms with van der Waals surface area (Å²) < 4.78 is 0. The predicted octanol–water partition coefficient (Wildman–Crippen LogP) is 4.57. The quantitative estimate of drug-likeness (QED) is 0.359. The minimum atomic E-state index is -0.705. The number of nitrogens with one attached hydrogen (secondary N) is 3. The number of H-pyrrole nitrogens is 2. The van der Waals surface area contributed by atoms with Crippen molar-refractivity contribution in [3.05, 3.63) is 71.0 Å². The van der Waals surface area contributed by atoms with Crippen LogP contribution in [0.2, 0.25) is 5.02 Å². The van der Waals surface area contributed by atoms with Crippen LogP contribution >= 0.6 is 11.6 Å². The fourth-order valence-electron chi connectivity index (χ4n) is 5.78. The van der Waals surface area contributed by atoms with E-state index in [1.165, 1.54) is 0 Å². The first-order chi connectivity index (χ1) is 18.1. The summed E-state index contributed by atoms with van der Waals surface area (Å²) in [6.07, 6.45) is 0.733. The number of fused-ring (bicyclic) bond motifs is 4. The van der Waals surface area contributed by atoms with E-state index in [-0.39, 0.29) is 29.8 Å². The zero-order valence-corrected chi connectivity index (χ0v) is 22.3. The van der Waals surface area contributed by atoms with E-state index in [1.54, 1.807) is 12.1 Å². The van der Waals surface area contributed by atoms with Crippen LogP contribution in [0.5, 0.6) is 0 Å². The second kappa shape index (κ2) is 8.91. The Balaban J connectivity index is 1.16. The molecule has 4 heterocycles. The number of carbonyl (C=O) groups excluding carboxylic acids is 3. The van der Waals surface area contributed by atoms with Crippen LogP contribution in [-0.2, 0) is 4.79 Å². The predicted molar refractivity (Wildman–Crippen MR) is 147 cm³/mol. The molecule has 196 valence electrons. The lowest BCUT2D eigenvalue weighted by Crippen LogP contribution is -2.59. The van der Waals surface area contributed by atoms with Gasteiger partial charge in [0.2, 0.25) is 5.91 Å². The number of piperazine rings is 1. The van der Waals surface area contributed by atoms with Gasteiger partial charge in [0.1, 0.15) is 17.4 Å². The molecule has 2 bridgehead atoms. The minimum Gasteiger partial charge on any atom is -0.351 e. The Kier molecular flexibility index (Phi) is 5.76. The molecular weight excluding hydrogens is 502 g/mol. The average Bonchev–Trinajstić information content (AvgIpc) is 3.66. The highest BCUT2D eigenvalue weighted by atomic mass is 35.5. The standard InChI is InChI=1S/C29H30ClN5O3/c1-29(2,3)25(33-26(36)23-11-16-6-4-5-7-21(16)31-23)28(38)35-15-19-13-20(35)14-34(19)27(37)24-12-17-10-18(30)8-9-22(17)32-24/h4-12,19-20,25,31-32H,13-15H2,1-3H3,(H,33,36)/t19-,20-,25+/m0/s1. The lowest BCUT2D eigenvalue weighted by Gasteiger charge is -2.39. The molecule has 9 heteroatoms. The van der Waals surface area contributed by atoms with Gasteiger partial charge in [-0.05, 0) is 48.2 Å². The smallest absolute Gasteiger partial charge is 0.270 e. The average molecular weight is 532 g/mol. The number of halogens is 1. The van der Waals surface area contributed by atoms with Crippen molar-refractivity contribution in [3.8, 4) is 0 Å². The molecule has 2 aliphatic rings. The number of amides is 3. The SMILES string of the molecule is CC(C)(C)[C@H](NC(=O)c1cc2ccccc2[nH]1)C(=O)N1C[C@@H]2C[C@H]1CN2C(=O)c1cc2cc(Cl)ccc2[nH]1. The van der Waals surface area contributed by atoms with Gasteiger partial charge in [-0.3, -0.25) is 14.4 Å². The number of nitrogens with zero attached hydrogens (tertiary/aromatic N) is 2. The Bertz CT molecular complexity index is 1550. The molecule has 0 saturated carbocycles. The van der Waals surface area contributed by atoms with Crippen molar-refractivity contribution < 1.29 is 14.4 Å². The van der Waals surface area contributed by atoms with Crippen molar-refractivity contribution in [2.75, 3.05) is 13.1 Å². The first-order valence-corrected chi connectivity index (χ1v) is 13.2. The molecular formula is C29H30ClN5O3. The van der Waals surface area contributed by atoms with Crippen LogP contribution in [0.3, 0.4) is 0 Å². The molecule has 3 amide bonds. The summed E-state index contributed by atoms with van der Waals surface area (Å²) in [6, 6.07) is 15.9. The van der Waals surface area contributed by atoms with Gasteiger partial charge in [-0.25, -0.2) is 0 Å². The number of aromatic nitrogens is 2. The van der Waals surface area contributed by atoms with Crippen LogP contribution < -0.4 is 5.32 Å². The number of para-hydroxylation sites is 1. The number of hydrogen-bond donors (Lipinski definition) is 3. The van der Waals surface area contributed by atoms with Crippen LogP contribution in [0.15, 0.2) is 54.6 Å². The van der Waals surface area contributed by atoms with Gasteiger partial charge in [-0.1, -0.05) is 50.6 Å². The Morgan fingerprint density at radius 1 is 0.895 bits per heavy atom. The Labute approximate surface area is 225 Å². The molecule has 38 heavy (non-hydrogen) atoms. The monoisotopic (exact) mass is 531 g/mol. The lowest BCUT2D eigenvalue weighted by molar-refractivity contribution is -0.138. The van der Waals surface area contributed by atoms with Gasteiger partial charge >= 0.3 is 0 Å². The second-order valence-electron chi connectivity index (χ2n) is 11.4. The van der Waals surface area contributed by atoms with E-state index in [9.17, 15) is 14.4 Å². The molecule has 0 unspecified atom stereocenters. The summed E-state index contributed by atoms with van der Waals surface area (Å²) >= 11 is 6.10. The molecule has 0 spiro atoms. The van der Waals surface area contributed by atoms with Crippen LogP contribution in [0, 0.1) is 5.41 Å². The van der Waals surface area contributed by atoms with Gasteiger partial charge in [-0.2, -0.15) is 0 Å². The van der Waals surface area contributed by atoms with Crippen molar-refractivity contribution in [2.24, 2.45) is 5.41 Å². The number of benzene rings is 2. The fraction of sp³-hybridized carbons (Fsp3) is 0.345. The summed E-state index contributed by atoms with van der Waals surface area (Å²) in [4.78, 5) is 50.3. The summed E-state index contributed by atoms with van der Waals surface area (Å²) in [5.41, 5.74) is 2.17. The largest absolute Gasteiger partial charge is 0.351 e. The van der Waals surface area contributed by atoms with E-state index in [1.807, 2.05) is 73.0 Å². The maximum absolute atomic E-state index is 13.8. The number of likely N-dealkylation sites (tertiary alicyclic amines) is 2. The normalized spacial score (nSPS) is 19.9. The molecule has 3 N–H and O–H groups in total. The highest BCUT2D eigenvalue weighted by Gasteiger charge is 2.50. The number of rotatable bonds is 4. The molecule has 3 atom stereocenters. The molecule has 4 aromatic rings. The van der Waals surface area contributed by atoms with E-state index in [2.05, 4.69) is 15.3 Å². The zero-order valence-electron chi connectivity index (χ0n) is 21.5. The third kappa shape index (κ3) is 4.22. The van der Waals surface area contributed by atoms with Crippen molar-refractivity contribution in [2.45, 2.75) is 45.3 Å². The fourth-order valence-corrected chi connectivity index (χ4v) is 5.96. The summed E-state index contributed by atoms with van der Waals surface area (Å²) in [6.45, 7) is 6.78. The first-order valence-electron chi connectivity index (χ1n) is 12.9. The highest BCUT2D eigenvalue weighted by Crippen LogP contribution is 2.34. The van der Waals surface area contributed by atoms with Gasteiger partial charge in [0.25, 0.3) is 11.8 Å². The molecule has 2 aliphatic heterocycles. The molecule has 2 aromatic carbocycles. The molecule has 8 nitrogen and oxygen atoms in total. The lowest BCUT2D eigenvalue weighted by atomic mass is 9.85. The van der Waals surface area contributed by atoms with Gasteiger partial charge in [0.15, 0.2) is 0 Å². The van der Waals surface area contributed by atoms with Crippen LogP contribution in [0.25, 0.3) is 21.8 Å². The Hall–Kier alpha value is -3.78. The maximum atomic E-state index is 13.8. The van der Waals surface area contributed by atoms with E-state index >= 15 is 0 Å². The summed E-state index contributed by atoms with van der Waals surface area (Å²) in [5.74, 6) is -0.493. The van der Waals surface area contributed by atoms with Gasteiger partial charge in [0.05, 0.1) is 12.1 Å². The van der Waals surface area contributed by atoms with Crippen molar-refractivity contribution in [3.63, 3.8) is 0 Å². The summed E-state index contributed by atoms with van der Waals surface area (Å²) in [5, 5.41) is 5.44. The number of aromatic amines is 2. The summed E-state index contributed by atoms with van der Waals surface area (Å²) in [7, 11) is 0. The molecule has 0 radical (unpaired) electrons. The third-order valence-electron chi connectivity index (χ3n) is 7.76. The molecule has 0 aliphatic carbocycles. The van der Waals surface area contributed by atoms with Crippen LogP contribution in [-0.4, -0.2) is 68.7 Å². The third-order valence-corrected chi connectivity index (χ3v) is 8.00. The Morgan fingerprint density at radius 3 is 2.26 bits per heavy atom. The van der Waals surface area contributed by atoms with E-state index < -0.39 is 11.5 Å². The van der Waals surface area contributed by atoms with E-state index in [0.29, 0.717) is 29.5 Å². The molecule has 2 fully saturated rings. The van der Waals surface area contributed by atoms with Crippen molar-refractivity contribution in [1.29, 1.82) is 0 Å². The minimum absolute atomic E-state index is 0.0588.